The Hall–Kier alpha value is -3.77. The molecule has 198 valence electrons. The average Bonchev–Trinajstić information content (AvgIpc) is 2.84. The summed E-state index contributed by atoms with van der Waals surface area (Å²) in [6, 6.07) is 15.1. The number of hydrogen-bond donors (Lipinski definition) is 3. The van der Waals surface area contributed by atoms with E-state index in [-0.39, 0.29) is 28.6 Å². The summed E-state index contributed by atoms with van der Waals surface area (Å²) in [5.41, 5.74) is -0.684. The molecule has 0 aliphatic heterocycles. The lowest BCUT2D eigenvalue weighted by atomic mass is 9.99. The number of ether oxygens (including phenoxy) is 2. The van der Waals surface area contributed by atoms with Gasteiger partial charge in [-0.05, 0) is 42.8 Å². The van der Waals surface area contributed by atoms with E-state index in [0.717, 1.165) is 25.3 Å². The highest BCUT2D eigenvalue weighted by Crippen LogP contribution is 2.38. The summed E-state index contributed by atoms with van der Waals surface area (Å²) in [6.45, 7) is 1.24. The van der Waals surface area contributed by atoms with E-state index in [4.69, 9.17) is 9.47 Å². The number of sulfonamides is 1. The Morgan fingerprint density at radius 3 is 2.27 bits per heavy atom. The van der Waals surface area contributed by atoms with Crippen molar-refractivity contribution in [1.29, 1.82) is 0 Å². The van der Waals surface area contributed by atoms with Gasteiger partial charge < -0.3 is 19.9 Å². The van der Waals surface area contributed by atoms with Gasteiger partial charge in [-0.25, -0.2) is 8.42 Å². The first-order valence-electron chi connectivity index (χ1n) is 11.0. The number of halogens is 3. The van der Waals surface area contributed by atoms with Crippen LogP contribution in [-0.4, -0.2) is 39.8 Å². The predicted molar refractivity (Wildman–Crippen MR) is 131 cm³/mol. The highest BCUT2D eigenvalue weighted by Gasteiger charge is 2.35. The molecule has 0 bridgehead atoms. The van der Waals surface area contributed by atoms with E-state index in [1.807, 2.05) is 0 Å². The molecule has 3 aromatic carbocycles. The van der Waals surface area contributed by atoms with Crippen molar-refractivity contribution < 1.29 is 41.0 Å². The summed E-state index contributed by atoms with van der Waals surface area (Å²) in [5, 5.41) is 12.3. The predicted octanol–water partition coefficient (Wildman–Crippen LogP) is 4.63. The molecule has 3 aromatic rings. The normalized spacial score (nSPS) is 12.5. The van der Waals surface area contributed by atoms with E-state index in [2.05, 4.69) is 10.0 Å². The van der Waals surface area contributed by atoms with Crippen molar-refractivity contribution in [2.75, 3.05) is 30.4 Å². The number of nitrogens with one attached hydrogen (secondary N) is 2. The summed E-state index contributed by atoms with van der Waals surface area (Å²) in [7, 11) is -3.32. The number of benzene rings is 3. The SMILES string of the molecule is CCOc1cc(NC(=O)[C@@H](CO)c2ccccc2)ccc1S(=O)(=O)Nc1ccc(OC)c(C(F)(F)F)c1. The van der Waals surface area contributed by atoms with Gasteiger partial charge in [0.15, 0.2) is 0 Å². The zero-order valence-corrected chi connectivity index (χ0v) is 20.7. The number of carbonyl (C=O) groups is 1. The zero-order chi connectivity index (χ0) is 27.2. The molecule has 12 heteroatoms. The quantitative estimate of drug-likeness (QED) is 0.347. The molecule has 0 heterocycles. The highest BCUT2D eigenvalue weighted by molar-refractivity contribution is 7.92. The first-order valence-corrected chi connectivity index (χ1v) is 12.5. The van der Waals surface area contributed by atoms with Crippen LogP contribution < -0.4 is 19.5 Å². The summed E-state index contributed by atoms with van der Waals surface area (Å²) >= 11 is 0. The van der Waals surface area contributed by atoms with Crippen LogP contribution >= 0.6 is 0 Å². The van der Waals surface area contributed by atoms with Gasteiger partial charge >= 0.3 is 6.18 Å². The molecule has 8 nitrogen and oxygen atoms in total. The molecule has 0 saturated carbocycles. The summed E-state index contributed by atoms with van der Waals surface area (Å²) in [5.74, 6) is -1.97. The van der Waals surface area contributed by atoms with Gasteiger partial charge in [-0.1, -0.05) is 30.3 Å². The zero-order valence-electron chi connectivity index (χ0n) is 19.9. The smallest absolute Gasteiger partial charge is 0.420 e. The number of anilines is 2. The van der Waals surface area contributed by atoms with Gasteiger partial charge in [0.25, 0.3) is 10.0 Å². The van der Waals surface area contributed by atoms with E-state index in [0.29, 0.717) is 11.6 Å². The van der Waals surface area contributed by atoms with Gasteiger partial charge in [-0.15, -0.1) is 0 Å². The molecule has 0 aromatic heterocycles. The second-order valence-electron chi connectivity index (χ2n) is 7.75. The van der Waals surface area contributed by atoms with E-state index in [1.54, 1.807) is 37.3 Å². The third-order valence-electron chi connectivity index (χ3n) is 5.26. The van der Waals surface area contributed by atoms with Crippen molar-refractivity contribution in [3.63, 3.8) is 0 Å². The molecule has 0 aliphatic rings. The van der Waals surface area contributed by atoms with Crippen LogP contribution in [0.3, 0.4) is 0 Å². The Morgan fingerprint density at radius 1 is 1.00 bits per heavy atom. The Morgan fingerprint density at radius 2 is 1.68 bits per heavy atom. The second kappa shape index (κ2) is 11.5. The minimum atomic E-state index is -4.77. The fraction of sp³-hybridized carbons (Fsp3) is 0.240. The summed E-state index contributed by atoms with van der Waals surface area (Å²) in [4.78, 5) is 12.4. The van der Waals surface area contributed by atoms with Gasteiger partial charge in [0.1, 0.15) is 16.4 Å². The summed E-state index contributed by atoms with van der Waals surface area (Å²) in [6.07, 6.45) is -4.77. The average molecular weight is 539 g/mol. The maximum Gasteiger partial charge on any atom is 0.420 e. The van der Waals surface area contributed by atoms with Crippen molar-refractivity contribution in [1.82, 2.24) is 0 Å². The molecule has 0 fully saturated rings. The molecule has 37 heavy (non-hydrogen) atoms. The number of rotatable bonds is 10. The highest BCUT2D eigenvalue weighted by atomic mass is 32.2. The number of methoxy groups -OCH3 is 1. The standard InChI is InChI=1S/C25H25F3N2O6S/c1-3-36-22-14-17(29-24(32)19(15-31)16-7-5-4-6-8-16)10-12-23(22)37(33,34)30-18-9-11-21(35-2)20(13-18)25(26,27)28/h4-14,19,30-31H,3,15H2,1-2H3,(H,29,32)/t19-/m0/s1. The Labute approximate surface area is 212 Å². The van der Waals surface area contributed by atoms with Crippen LogP contribution in [0.4, 0.5) is 24.5 Å². The van der Waals surface area contributed by atoms with Crippen LogP contribution in [-0.2, 0) is 21.0 Å². The molecule has 3 N–H and O–H groups in total. The lowest BCUT2D eigenvalue weighted by Gasteiger charge is -2.18. The molecule has 1 atom stereocenters. The molecule has 0 unspecified atom stereocenters. The fourth-order valence-corrected chi connectivity index (χ4v) is 4.71. The number of aliphatic hydroxyl groups is 1. The van der Waals surface area contributed by atoms with Gasteiger partial charge in [-0.2, -0.15) is 13.2 Å². The van der Waals surface area contributed by atoms with Crippen LogP contribution in [0.25, 0.3) is 0 Å². The Balaban J connectivity index is 1.89. The maximum atomic E-state index is 13.3. The molecule has 1 amide bonds. The van der Waals surface area contributed by atoms with Crippen LogP contribution in [0.1, 0.15) is 24.0 Å². The van der Waals surface area contributed by atoms with E-state index in [9.17, 15) is 31.5 Å². The molecule has 0 saturated heterocycles. The van der Waals surface area contributed by atoms with Crippen LogP contribution in [0.15, 0.2) is 71.6 Å². The maximum absolute atomic E-state index is 13.3. The van der Waals surface area contributed by atoms with Crippen LogP contribution in [0.5, 0.6) is 11.5 Å². The van der Waals surface area contributed by atoms with Crippen LogP contribution in [0.2, 0.25) is 0 Å². The molecule has 0 radical (unpaired) electrons. The lowest BCUT2D eigenvalue weighted by Crippen LogP contribution is -2.24. The number of alkyl halides is 3. The van der Waals surface area contributed by atoms with Gasteiger partial charge in [0.05, 0.1) is 31.8 Å². The monoisotopic (exact) mass is 538 g/mol. The van der Waals surface area contributed by atoms with Gasteiger partial charge in [0.2, 0.25) is 5.91 Å². The second-order valence-corrected chi connectivity index (χ2v) is 9.40. The largest absolute Gasteiger partial charge is 0.496 e. The lowest BCUT2D eigenvalue weighted by molar-refractivity contribution is -0.138. The van der Waals surface area contributed by atoms with Crippen molar-refractivity contribution in [3.8, 4) is 11.5 Å². The van der Waals surface area contributed by atoms with Crippen LogP contribution in [0, 0.1) is 0 Å². The van der Waals surface area contributed by atoms with Crippen molar-refractivity contribution in [3.05, 3.63) is 77.9 Å². The molecular formula is C25H25F3N2O6S. The van der Waals surface area contributed by atoms with E-state index >= 15 is 0 Å². The minimum Gasteiger partial charge on any atom is -0.496 e. The topological polar surface area (TPSA) is 114 Å². The van der Waals surface area contributed by atoms with Gasteiger partial charge in [0, 0.05) is 17.4 Å². The number of carbonyl (C=O) groups excluding carboxylic acids is 1. The van der Waals surface area contributed by atoms with Crippen molar-refractivity contribution in [2.45, 2.75) is 23.9 Å². The third kappa shape index (κ3) is 6.71. The first-order chi connectivity index (χ1) is 17.5. The molecular weight excluding hydrogens is 513 g/mol. The fourth-order valence-electron chi connectivity index (χ4n) is 3.53. The third-order valence-corrected chi connectivity index (χ3v) is 6.68. The first kappa shape index (κ1) is 27.8. The number of amides is 1. The van der Waals surface area contributed by atoms with E-state index in [1.165, 1.54) is 12.1 Å². The Kier molecular flexibility index (Phi) is 8.66. The number of hydrogen-bond acceptors (Lipinski definition) is 6. The number of aliphatic hydroxyl groups excluding tert-OH is 1. The molecule has 0 spiro atoms. The van der Waals surface area contributed by atoms with E-state index < -0.39 is 45.9 Å². The minimum absolute atomic E-state index is 0.0734. The van der Waals surface area contributed by atoms with Gasteiger partial charge in [-0.3, -0.25) is 9.52 Å². The Bertz CT molecular complexity index is 1350. The van der Waals surface area contributed by atoms with Crippen molar-refractivity contribution in [2.24, 2.45) is 0 Å². The van der Waals surface area contributed by atoms with Crippen molar-refractivity contribution >= 4 is 27.3 Å². The summed E-state index contributed by atoms with van der Waals surface area (Å²) < 4.78 is 78.5. The molecule has 3 rings (SSSR count). The molecule has 0 aliphatic carbocycles.